The maximum absolute atomic E-state index is 5.39. The van der Waals surface area contributed by atoms with Crippen LogP contribution in [-0.4, -0.2) is 35.6 Å². The van der Waals surface area contributed by atoms with Crippen molar-refractivity contribution in [3.05, 3.63) is 28.5 Å². The molecule has 0 amide bonds. The van der Waals surface area contributed by atoms with Crippen LogP contribution in [0.1, 0.15) is 5.56 Å². The molecule has 0 fully saturated rings. The van der Waals surface area contributed by atoms with Crippen molar-refractivity contribution >= 4 is 12.2 Å². The highest BCUT2D eigenvalue weighted by molar-refractivity contribution is 7.71. The van der Waals surface area contributed by atoms with E-state index in [0.29, 0.717) is 17.9 Å². The van der Waals surface area contributed by atoms with Crippen molar-refractivity contribution in [2.75, 3.05) is 20.8 Å². The van der Waals surface area contributed by atoms with E-state index in [-0.39, 0.29) is 0 Å². The number of methoxy groups -OCH3 is 2. The summed E-state index contributed by atoms with van der Waals surface area (Å²) in [5, 5.41) is 7.12. The fourth-order valence-corrected chi connectivity index (χ4v) is 2.13. The third-order valence-electron chi connectivity index (χ3n) is 2.87. The predicted octanol–water partition coefficient (Wildman–Crippen LogP) is 2.57. The van der Waals surface area contributed by atoms with E-state index in [9.17, 15) is 0 Å². The number of aromatic nitrogens is 3. The normalized spacial score (nSPS) is 10.7. The van der Waals surface area contributed by atoms with E-state index in [1.807, 2.05) is 29.7 Å². The summed E-state index contributed by atoms with van der Waals surface area (Å²) in [6.07, 6.45) is 0. The number of H-pyrrole nitrogens is 1. The molecule has 1 heterocycles. The number of hydrogen-bond donors (Lipinski definition) is 1. The summed E-state index contributed by atoms with van der Waals surface area (Å²) in [5.41, 5.74) is 2.06. The Labute approximate surface area is 117 Å². The first-order valence-corrected chi connectivity index (χ1v) is 6.37. The van der Waals surface area contributed by atoms with Gasteiger partial charge in [0.15, 0.2) is 10.6 Å². The van der Waals surface area contributed by atoms with E-state index in [1.54, 1.807) is 14.2 Å². The highest BCUT2D eigenvalue weighted by Crippen LogP contribution is 2.29. The van der Waals surface area contributed by atoms with E-state index in [0.717, 1.165) is 22.7 Å². The molecule has 5 nitrogen and oxygen atoms in total. The molecule has 0 aliphatic rings. The molecule has 0 saturated heterocycles. The highest BCUT2D eigenvalue weighted by Gasteiger charge is 2.13. The van der Waals surface area contributed by atoms with Gasteiger partial charge in [0.05, 0.1) is 25.8 Å². The Morgan fingerprint density at radius 1 is 1.37 bits per heavy atom. The lowest BCUT2D eigenvalue weighted by Crippen LogP contribution is -2.06. The molecular weight excluding hydrogens is 262 g/mol. The first kappa shape index (κ1) is 13.8. The van der Waals surface area contributed by atoms with Crippen molar-refractivity contribution < 1.29 is 9.47 Å². The Morgan fingerprint density at radius 3 is 2.84 bits per heavy atom. The third kappa shape index (κ3) is 2.85. The van der Waals surface area contributed by atoms with E-state index in [1.165, 1.54) is 0 Å². The summed E-state index contributed by atoms with van der Waals surface area (Å²) < 4.78 is 13.0. The molecule has 0 atom stereocenters. The summed E-state index contributed by atoms with van der Waals surface area (Å²) in [6, 6.07) is 5.97. The smallest absolute Gasteiger partial charge is 0.195 e. The number of benzene rings is 1. The molecule has 0 spiro atoms. The van der Waals surface area contributed by atoms with Gasteiger partial charge in [0.25, 0.3) is 0 Å². The van der Waals surface area contributed by atoms with E-state index in [2.05, 4.69) is 10.2 Å². The molecule has 6 heteroatoms. The summed E-state index contributed by atoms with van der Waals surface area (Å²) in [6.45, 7) is 3.26. The second kappa shape index (κ2) is 5.99. The highest BCUT2D eigenvalue weighted by atomic mass is 32.1. The van der Waals surface area contributed by atoms with Crippen molar-refractivity contribution in [3.8, 4) is 17.1 Å². The van der Waals surface area contributed by atoms with Crippen molar-refractivity contribution in [1.29, 1.82) is 0 Å². The largest absolute Gasteiger partial charge is 0.496 e. The molecule has 1 N–H and O–H groups in total. The van der Waals surface area contributed by atoms with Gasteiger partial charge in [-0.3, -0.25) is 9.67 Å². The second-order valence-electron chi connectivity index (χ2n) is 4.20. The lowest BCUT2D eigenvalue weighted by Gasteiger charge is -2.10. The van der Waals surface area contributed by atoms with Gasteiger partial charge in [-0.2, -0.15) is 5.10 Å². The lowest BCUT2D eigenvalue weighted by molar-refractivity contribution is 0.187. The SMILES string of the molecule is COCCn1c(-c2cc(C)ccc2OC)n[nH]c1=S. The summed E-state index contributed by atoms with van der Waals surface area (Å²) >= 11 is 5.25. The van der Waals surface area contributed by atoms with Gasteiger partial charge in [0.1, 0.15) is 5.75 Å². The Morgan fingerprint density at radius 2 is 2.16 bits per heavy atom. The average Bonchev–Trinajstić information content (AvgIpc) is 2.77. The van der Waals surface area contributed by atoms with Gasteiger partial charge in [-0.1, -0.05) is 11.6 Å². The van der Waals surface area contributed by atoms with Crippen LogP contribution in [0.25, 0.3) is 11.4 Å². The van der Waals surface area contributed by atoms with Crippen LogP contribution in [0, 0.1) is 11.7 Å². The number of ether oxygens (including phenoxy) is 2. The van der Waals surface area contributed by atoms with Crippen LogP contribution in [0.2, 0.25) is 0 Å². The average molecular weight is 279 g/mol. The van der Waals surface area contributed by atoms with Crippen LogP contribution in [0.4, 0.5) is 0 Å². The van der Waals surface area contributed by atoms with Crippen LogP contribution >= 0.6 is 12.2 Å². The minimum Gasteiger partial charge on any atom is -0.496 e. The molecule has 1 aromatic heterocycles. The van der Waals surface area contributed by atoms with E-state index < -0.39 is 0 Å². The predicted molar refractivity (Wildman–Crippen MR) is 76.0 cm³/mol. The number of hydrogen-bond acceptors (Lipinski definition) is 4. The molecule has 2 aromatic rings. The molecule has 0 saturated carbocycles. The van der Waals surface area contributed by atoms with Crippen LogP contribution in [0.5, 0.6) is 5.75 Å². The second-order valence-corrected chi connectivity index (χ2v) is 4.59. The minimum absolute atomic E-state index is 0.578. The number of aromatic amines is 1. The van der Waals surface area contributed by atoms with E-state index in [4.69, 9.17) is 21.7 Å². The van der Waals surface area contributed by atoms with Crippen molar-refractivity contribution in [2.24, 2.45) is 0 Å². The first-order chi connectivity index (χ1) is 9.17. The quantitative estimate of drug-likeness (QED) is 0.855. The zero-order valence-electron chi connectivity index (χ0n) is 11.3. The van der Waals surface area contributed by atoms with Crippen LogP contribution < -0.4 is 4.74 Å². The fraction of sp³-hybridized carbons (Fsp3) is 0.385. The molecule has 0 aliphatic carbocycles. The standard InChI is InChI=1S/C13H17N3O2S/c1-9-4-5-11(18-3)10(8-9)12-14-15-13(19)16(12)6-7-17-2/h4-5,8H,6-7H2,1-3H3,(H,15,19). The van der Waals surface area contributed by atoms with Gasteiger partial charge in [0.2, 0.25) is 0 Å². The zero-order chi connectivity index (χ0) is 13.8. The van der Waals surface area contributed by atoms with Crippen LogP contribution in [-0.2, 0) is 11.3 Å². The molecule has 0 aliphatic heterocycles. The van der Waals surface area contributed by atoms with Gasteiger partial charge < -0.3 is 9.47 Å². The van der Waals surface area contributed by atoms with Crippen molar-refractivity contribution in [1.82, 2.24) is 14.8 Å². The summed E-state index contributed by atoms with van der Waals surface area (Å²) in [5.74, 6) is 1.54. The van der Waals surface area contributed by atoms with Gasteiger partial charge in [-0.15, -0.1) is 0 Å². The Kier molecular flexibility index (Phi) is 4.34. The van der Waals surface area contributed by atoms with Gasteiger partial charge in [-0.05, 0) is 31.3 Å². The maximum Gasteiger partial charge on any atom is 0.195 e. The topological polar surface area (TPSA) is 52.1 Å². The minimum atomic E-state index is 0.578. The van der Waals surface area contributed by atoms with Crippen molar-refractivity contribution in [2.45, 2.75) is 13.5 Å². The number of aryl methyl sites for hydroxylation is 1. The molecule has 0 radical (unpaired) electrons. The zero-order valence-corrected chi connectivity index (χ0v) is 12.1. The molecule has 2 rings (SSSR count). The molecule has 1 aromatic carbocycles. The van der Waals surface area contributed by atoms with Gasteiger partial charge in [0, 0.05) is 7.11 Å². The van der Waals surface area contributed by atoms with Gasteiger partial charge in [-0.25, -0.2) is 0 Å². The Balaban J connectivity index is 2.52. The molecule has 102 valence electrons. The monoisotopic (exact) mass is 279 g/mol. The molecular formula is C13H17N3O2S. The Bertz CT molecular complexity index is 619. The fourth-order valence-electron chi connectivity index (χ4n) is 1.91. The molecule has 0 bridgehead atoms. The maximum atomic E-state index is 5.39. The first-order valence-electron chi connectivity index (χ1n) is 5.96. The van der Waals surface area contributed by atoms with Crippen LogP contribution in [0.15, 0.2) is 18.2 Å². The molecule has 0 unspecified atom stereocenters. The lowest BCUT2D eigenvalue weighted by atomic mass is 10.1. The van der Waals surface area contributed by atoms with Crippen LogP contribution in [0.3, 0.4) is 0 Å². The summed E-state index contributed by atoms with van der Waals surface area (Å²) in [7, 11) is 3.31. The van der Waals surface area contributed by atoms with Gasteiger partial charge >= 0.3 is 0 Å². The summed E-state index contributed by atoms with van der Waals surface area (Å²) in [4.78, 5) is 0. The third-order valence-corrected chi connectivity index (χ3v) is 3.18. The van der Waals surface area contributed by atoms with Crippen molar-refractivity contribution in [3.63, 3.8) is 0 Å². The number of rotatable bonds is 5. The van der Waals surface area contributed by atoms with E-state index >= 15 is 0 Å². The number of nitrogens with zero attached hydrogens (tertiary/aromatic N) is 2. The Hall–Kier alpha value is -1.66. The number of nitrogens with one attached hydrogen (secondary N) is 1. The molecule has 19 heavy (non-hydrogen) atoms.